The molecular formula is C19H36ClNO3. The van der Waals surface area contributed by atoms with Gasteiger partial charge >= 0.3 is 0 Å². The van der Waals surface area contributed by atoms with Crippen molar-refractivity contribution in [1.82, 2.24) is 5.32 Å². The van der Waals surface area contributed by atoms with Crippen molar-refractivity contribution in [3.05, 3.63) is 0 Å². The molecule has 142 valence electrons. The number of carbonyl (C=O) groups excluding carboxylic acids is 1. The molecule has 1 aliphatic heterocycles. The molecule has 0 saturated carbocycles. The highest BCUT2D eigenvalue weighted by molar-refractivity contribution is 6.30. The molecule has 1 heterocycles. The summed E-state index contributed by atoms with van der Waals surface area (Å²) in [5, 5.41) is 2.66. The first-order valence-corrected chi connectivity index (χ1v) is 10.2. The first kappa shape index (κ1) is 21.7. The third-order valence-electron chi connectivity index (χ3n) is 4.79. The molecule has 1 N–H and O–H groups in total. The number of nitrogens with one attached hydrogen (secondary N) is 1. The monoisotopic (exact) mass is 361 g/mol. The molecule has 1 aliphatic rings. The quantitative estimate of drug-likeness (QED) is 0.384. The molecule has 24 heavy (non-hydrogen) atoms. The van der Waals surface area contributed by atoms with Crippen molar-refractivity contribution in [3.63, 3.8) is 0 Å². The molecule has 1 rings (SSSR count). The van der Waals surface area contributed by atoms with Crippen LogP contribution in [0.15, 0.2) is 0 Å². The Morgan fingerprint density at radius 3 is 2.29 bits per heavy atom. The van der Waals surface area contributed by atoms with Crippen LogP contribution in [0.5, 0.6) is 0 Å². The van der Waals surface area contributed by atoms with Crippen LogP contribution in [0.1, 0.15) is 78.6 Å². The van der Waals surface area contributed by atoms with E-state index < -0.39 is 5.38 Å². The lowest BCUT2D eigenvalue weighted by Gasteiger charge is -2.31. The Morgan fingerprint density at radius 2 is 1.71 bits per heavy atom. The SMILES string of the molecule is CCCCCCCC(Cl)C(=O)NC(C(CC)CCC)C1OCCO1. The van der Waals surface area contributed by atoms with Gasteiger partial charge in [-0.15, -0.1) is 11.6 Å². The van der Waals surface area contributed by atoms with Crippen LogP contribution in [0, 0.1) is 5.92 Å². The third-order valence-corrected chi connectivity index (χ3v) is 5.20. The van der Waals surface area contributed by atoms with Crippen molar-refractivity contribution in [2.45, 2.75) is 96.3 Å². The Labute approximate surface area is 153 Å². The maximum Gasteiger partial charge on any atom is 0.238 e. The molecule has 0 aromatic carbocycles. The van der Waals surface area contributed by atoms with Crippen LogP contribution in [0.2, 0.25) is 0 Å². The Hall–Kier alpha value is -0.320. The maximum absolute atomic E-state index is 12.5. The number of alkyl halides is 1. The van der Waals surface area contributed by atoms with Gasteiger partial charge in [-0.25, -0.2) is 0 Å². The topological polar surface area (TPSA) is 47.6 Å². The van der Waals surface area contributed by atoms with Gasteiger partial charge in [-0.3, -0.25) is 4.79 Å². The van der Waals surface area contributed by atoms with E-state index in [0.29, 0.717) is 19.1 Å². The second-order valence-corrected chi connectivity index (χ2v) is 7.30. The van der Waals surface area contributed by atoms with Gasteiger partial charge < -0.3 is 14.8 Å². The normalized spacial score (nSPS) is 19.2. The molecule has 3 atom stereocenters. The van der Waals surface area contributed by atoms with Gasteiger partial charge in [0.2, 0.25) is 5.91 Å². The summed E-state index contributed by atoms with van der Waals surface area (Å²) in [5.41, 5.74) is 0. The van der Waals surface area contributed by atoms with Crippen molar-refractivity contribution >= 4 is 17.5 Å². The lowest BCUT2D eigenvalue weighted by Crippen LogP contribution is -2.50. The van der Waals surface area contributed by atoms with E-state index in [1.54, 1.807) is 0 Å². The number of amides is 1. The predicted octanol–water partition coefficient (Wildman–Crippen LogP) is 4.64. The third kappa shape index (κ3) is 7.71. The maximum atomic E-state index is 12.5. The minimum absolute atomic E-state index is 0.0780. The first-order valence-electron chi connectivity index (χ1n) is 9.81. The zero-order valence-corrected chi connectivity index (χ0v) is 16.4. The van der Waals surface area contributed by atoms with E-state index in [9.17, 15) is 4.79 Å². The van der Waals surface area contributed by atoms with E-state index in [1.807, 2.05) is 0 Å². The van der Waals surface area contributed by atoms with Crippen LogP contribution < -0.4 is 5.32 Å². The second kappa shape index (κ2) is 13.0. The van der Waals surface area contributed by atoms with Gasteiger partial charge in [-0.05, 0) is 18.8 Å². The van der Waals surface area contributed by atoms with Crippen molar-refractivity contribution in [3.8, 4) is 0 Å². The van der Waals surface area contributed by atoms with Gasteiger partial charge in [0.05, 0.1) is 19.3 Å². The summed E-state index contributed by atoms with van der Waals surface area (Å²) in [6, 6.07) is -0.105. The van der Waals surface area contributed by atoms with E-state index in [4.69, 9.17) is 21.1 Å². The minimum Gasteiger partial charge on any atom is -0.348 e. The molecule has 5 heteroatoms. The highest BCUT2D eigenvalue weighted by Gasteiger charge is 2.34. The number of hydrogen-bond donors (Lipinski definition) is 1. The Kier molecular flexibility index (Phi) is 11.7. The highest BCUT2D eigenvalue weighted by atomic mass is 35.5. The molecule has 0 spiro atoms. The molecule has 0 aliphatic carbocycles. The van der Waals surface area contributed by atoms with Crippen LogP contribution in [-0.4, -0.2) is 36.8 Å². The molecule has 1 fully saturated rings. The van der Waals surface area contributed by atoms with Gasteiger partial charge in [0, 0.05) is 0 Å². The fourth-order valence-electron chi connectivity index (χ4n) is 3.31. The van der Waals surface area contributed by atoms with E-state index in [-0.39, 0.29) is 18.2 Å². The largest absolute Gasteiger partial charge is 0.348 e. The average molecular weight is 362 g/mol. The van der Waals surface area contributed by atoms with Crippen LogP contribution in [0.4, 0.5) is 0 Å². The zero-order chi connectivity index (χ0) is 17.8. The number of halogens is 1. The fraction of sp³-hybridized carbons (Fsp3) is 0.947. The Morgan fingerprint density at radius 1 is 1.04 bits per heavy atom. The summed E-state index contributed by atoms with van der Waals surface area (Å²) >= 11 is 6.33. The van der Waals surface area contributed by atoms with Gasteiger partial charge in [0.1, 0.15) is 5.38 Å². The smallest absolute Gasteiger partial charge is 0.238 e. The van der Waals surface area contributed by atoms with E-state index in [2.05, 4.69) is 26.1 Å². The molecule has 0 bridgehead atoms. The van der Waals surface area contributed by atoms with E-state index in [1.165, 1.54) is 19.3 Å². The van der Waals surface area contributed by atoms with Crippen LogP contribution in [0.25, 0.3) is 0 Å². The Balaban J connectivity index is 2.49. The van der Waals surface area contributed by atoms with Crippen molar-refractivity contribution in [2.24, 2.45) is 5.92 Å². The summed E-state index contributed by atoms with van der Waals surface area (Å²) in [4.78, 5) is 12.5. The zero-order valence-electron chi connectivity index (χ0n) is 15.7. The Bertz CT molecular complexity index is 335. The van der Waals surface area contributed by atoms with Gasteiger partial charge in [0.15, 0.2) is 6.29 Å². The number of hydrogen-bond acceptors (Lipinski definition) is 3. The van der Waals surface area contributed by atoms with Crippen LogP contribution in [-0.2, 0) is 14.3 Å². The molecule has 0 aromatic rings. The summed E-state index contributed by atoms with van der Waals surface area (Å²) in [6.07, 6.45) is 9.39. The van der Waals surface area contributed by atoms with Crippen molar-refractivity contribution in [1.29, 1.82) is 0 Å². The molecule has 0 aromatic heterocycles. The van der Waals surface area contributed by atoms with Crippen molar-refractivity contribution in [2.75, 3.05) is 13.2 Å². The number of ether oxygens (including phenoxy) is 2. The fourth-order valence-corrected chi connectivity index (χ4v) is 3.53. The average Bonchev–Trinajstić information content (AvgIpc) is 3.11. The predicted molar refractivity (Wildman–Crippen MR) is 99.3 cm³/mol. The standard InChI is InChI=1S/C19H36ClNO3/c1-4-7-8-9-10-12-16(20)18(22)21-17(15(6-3)11-5-2)19-23-13-14-24-19/h15-17,19H,4-14H2,1-3H3,(H,21,22). The summed E-state index contributed by atoms with van der Waals surface area (Å²) in [5.74, 6) is 0.279. The minimum atomic E-state index is -0.463. The summed E-state index contributed by atoms with van der Waals surface area (Å²) < 4.78 is 11.3. The lowest BCUT2D eigenvalue weighted by molar-refractivity contribution is -0.128. The molecule has 3 unspecified atom stereocenters. The highest BCUT2D eigenvalue weighted by Crippen LogP contribution is 2.23. The van der Waals surface area contributed by atoms with Crippen LogP contribution in [0.3, 0.4) is 0 Å². The number of carbonyl (C=O) groups is 1. The lowest BCUT2D eigenvalue weighted by atomic mass is 9.91. The van der Waals surface area contributed by atoms with E-state index >= 15 is 0 Å². The first-order chi connectivity index (χ1) is 11.6. The second-order valence-electron chi connectivity index (χ2n) is 6.77. The van der Waals surface area contributed by atoms with E-state index in [0.717, 1.165) is 38.5 Å². The molecule has 0 radical (unpaired) electrons. The van der Waals surface area contributed by atoms with Gasteiger partial charge in [-0.1, -0.05) is 65.7 Å². The summed E-state index contributed by atoms with van der Waals surface area (Å²) in [7, 11) is 0. The van der Waals surface area contributed by atoms with Gasteiger partial charge in [-0.2, -0.15) is 0 Å². The molecule has 1 saturated heterocycles. The summed E-state index contributed by atoms with van der Waals surface area (Å²) in [6.45, 7) is 7.72. The molecular weight excluding hydrogens is 326 g/mol. The molecule has 1 amide bonds. The van der Waals surface area contributed by atoms with Crippen LogP contribution >= 0.6 is 11.6 Å². The number of rotatable bonds is 13. The number of unbranched alkanes of at least 4 members (excludes halogenated alkanes) is 4. The van der Waals surface area contributed by atoms with Gasteiger partial charge in [0.25, 0.3) is 0 Å². The molecule has 4 nitrogen and oxygen atoms in total. The van der Waals surface area contributed by atoms with Crippen molar-refractivity contribution < 1.29 is 14.3 Å².